The summed E-state index contributed by atoms with van der Waals surface area (Å²) in [5, 5.41) is 0. The van der Waals surface area contributed by atoms with Crippen molar-refractivity contribution in [3.63, 3.8) is 0 Å². The third-order valence-electron chi connectivity index (χ3n) is 1.43. The summed E-state index contributed by atoms with van der Waals surface area (Å²) in [5.41, 5.74) is 10.8. The fraction of sp³-hybridized carbons (Fsp3) is 0.857. The van der Waals surface area contributed by atoms with Crippen molar-refractivity contribution in [2.24, 2.45) is 11.5 Å². The van der Waals surface area contributed by atoms with E-state index in [1.807, 2.05) is 0 Å². The van der Waals surface area contributed by atoms with Gasteiger partial charge in [0.25, 0.3) is 0 Å². The second-order valence-electron chi connectivity index (χ2n) is 2.45. The van der Waals surface area contributed by atoms with Gasteiger partial charge in [-0.25, -0.2) is 0 Å². The molecule has 0 unspecified atom stereocenters. The molecule has 0 aromatic rings. The molecule has 0 aromatic heterocycles. The average molecular weight is 144 g/mol. The van der Waals surface area contributed by atoms with E-state index in [1.165, 1.54) is 0 Å². The predicted molar refractivity (Wildman–Crippen MR) is 41.6 cm³/mol. The SMILES string of the molecule is NCCCC[C@H](N)CC=O. The van der Waals surface area contributed by atoms with E-state index in [9.17, 15) is 4.79 Å². The maximum atomic E-state index is 9.94. The molecule has 10 heavy (non-hydrogen) atoms. The van der Waals surface area contributed by atoms with Gasteiger partial charge in [-0.3, -0.25) is 0 Å². The Hall–Kier alpha value is -0.410. The van der Waals surface area contributed by atoms with Crippen LogP contribution in [0.1, 0.15) is 25.7 Å². The molecule has 1 atom stereocenters. The lowest BCUT2D eigenvalue weighted by Crippen LogP contribution is -2.20. The Bertz CT molecular complexity index is 85.7. The molecule has 0 aliphatic rings. The third-order valence-corrected chi connectivity index (χ3v) is 1.43. The summed E-state index contributed by atoms with van der Waals surface area (Å²) < 4.78 is 0. The second-order valence-corrected chi connectivity index (χ2v) is 2.45. The fourth-order valence-corrected chi connectivity index (χ4v) is 0.792. The van der Waals surface area contributed by atoms with Crippen LogP contribution in [0, 0.1) is 0 Å². The highest BCUT2D eigenvalue weighted by Gasteiger charge is 1.99. The molecule has 3 nitrogen and oxygen atoms in total. The van der Waals surface area contributed by atoms with Crippen molar-refractivity contribution in [2.45, 2.75) is 31.7 Å². The molecule has 0 radical (unpaired) electrons. The first-order valence-electron chi connectivity index (χ1n) is 3.70. The number of rotatable bonds is 6. The van der Waals surface area contributed by atoms with Crippen molar-refractivity contribution >= 4 is 6.29 Å². The molecular formula is C7H16N2O. The second kappa shape index (κ2) is 6.71. The quantitative estimate of drug-likeness (QED) is 0.408. The lowest BCUT2D eigenvalue weighted by molar-refractivity contribution is -0.108. The van der Waals surface area contributed by atoms with Gasteiger partial charge in [0.1, 0.15) is 6.29 Å². The Morgan fingerprint density at radius 2 is 2.10 bits per heavy atom. The van der Waals surface area contributed by atoms with E-state index >= 15 is 0 Å². The average Bonchev–Trinajstić information content (AvgIpc) is 1.89. The van der Waals surface area contributed by atoms with Crippen LogP contribution in [0.2, 0.25) is 0 Å². The lowest BCUT2D eigenvalue weighted by Gasteiger charge is -2.05. The van der Waals surface area contributed by atoms with Gasteiger partial charge in [-0.1, -0.05) is 6.42 Å². The normalized spacial score (nSPS) is 13.0. The summed E-state index contributed by atoms with van der Waals surface area (Å²) in [6, 6.07) is 0.0454. The number of carbonyl (C=O) groups excluding carboxylic acids is 1. The largest absolute Gasteiger partial charge is 0.330 e. The van der Waals surface area contributed by atoms with Gasteiger partial charge in [0.05, 0.1) is 0 Å². The molecule has 0 aliphatic carbocycles. The molecule has 0 bridgehead atoms. The number of nitrogens with two attached hydrogens (primary N) is 2. The minimum absolute atomic E-state index is 0.0454. The van der Waals surface area contributed by atoms with E-state index < -0.39 is 0 Å². The molecule has 0 saturated heterocycles. The van der Waals surface area contributed by atoms with Gasteiger partial charge in [-0.2, -0.15) is 0 Å². The molecule has 3 heteroatoms. The molecule has 0 saturated carbocycles. The predicted octanol–water partition coefficient (Wildman–Crippen LogP) is 0.0317. The Morgan fingerprint density at radius 1 is 1.40 bits per heavy atom. The summed E-state index contributed by atoms with van der Waals surface area (Å²) in [4.78, 5) is 9.94. The third kappa shape index (κ3) is 5.72. The first-order chi connectivity index (χ1) is 4.81. The van der Waals surface area contributed by atoms with Crippen LogP contribution in [0.25, 0.3) is 0 Å². The molecule has 0 amide bonds. The molecule has 0 fully saturated rings. The maximum absolute atomic E-state index is 9.94. The van der Waals surface area contributed by atoms with Crippen molar-refractivity contribution in [1.29, 1.82) is 0 Å². The molecule has 4 N–H and O–H groups in total. The Balaban J connectivity index is 3.04. The number of aldehydes is 1. The molecular weight excluding hydrogens is 128 g/mol. The van der Waals surface area contributed by atoms with Gasteiger partial charge in [0.2, 0.25) is 0 Å². The summed E-state index contributed by atoms with van der Waals surface area (Å²) >= 11 is 0. The van der Waals surface area contributed by atoms with Crippen LogP contribution in [0.4, 0.5) is 0 Å². The first kappa shape index (κ1) is 9.59. The van der Waals surface area contributed by atoms with Crippen LogP contribution < -0.4 is 11.5 Å². The Kier molecular flexibility index (Phi) is 6.43. The topological polar surface area (TPSA) is 69.1 Å². The van der Waals surface area contributed by atoms with Gasteiger partial charge in [-0.05, 0) is 19.4 Å². The van der Waals surface area contributed by atoms with E-state index in [-0.39, 0.29) is 6.04 Å². The number of unbranched alkanes of at least 4 members (excludes halogenated alkanes) is 1. The first-order valence-corrected chi connectivity index (χ1v) is 3.70. The Morgan fingerprint density at radius 3 is 2.60 bits per heavy atom. The van der Waals surface area contributed by atoms with Crippen molar-refractivity contribution in [1.82, 2.24) is 0 Å². The minimum atomic E-state index is 0.0454. The van der Waals surface area contributed by atoms with Crippen molar-refractivity contribution in [3.05, 3.63) is 0 Å². The van der Waals surface area contributed by atoms with Gasteiger partial charge in [0, 0.05) is 12.5 Å². The molecule has 60 valence electrons. The monoisotopic (exact) mass is 144 g/mol. The van der Waals surface area contributed by atoms with Gasteiger partial charge < -0.3 is 16.3 Å². The van der Waals surface area contributed by atoms with Crippen LogP contribution in [0.15, 0.2) is 0 Å². The molecule has 0 heterocycles. The number of hydrogen-bond acceptors (Lipinski definition) is 3. The van der Waals surface area contributed by atoms with Gasteiger partial charge >= 0.3 is 0 Å². The summed E-state index contributed by atoms with van der Waals surface area (Å²) in [6.07, 6.45) is 4.30. The summed E-state index contributed by atoms with van der Waals surface area (Å²) in [6.45, 7) is 0.716. The smallest absolute Gasteiger partial charge is 0.121 e. The highest BCUT2D eigenvalue weighted by Crippen LogP contribution is 1.99. The van der Waals surface area contributed by atoms with Crippen LogP contribution in [0.5, 0.6) is 0 Å². The van der Waals surface area contributed by atoms with Crippen LogP contribution in [0.3, 0.4) is 0 Å². The van der Waals surface area contributed by atoms with Crippen molar-refractivity contribution in [2.75, 3.05) is 6.54 Å². The van der Waals surface area contributed by atoms with E-state index in [0.717, 1.165) is 25.5 Å². The van der Waals surface area contributed by atoms with E-state index in [0.29, 0.717) is 13.0 Å². The zero-order valence-electron chi connectivity index (χ0n) is 6.25. The lowest BCUT2D eigenvalue weighted by atomic mass is 10.1. The summed E-state index contributed by atoms with van der Waals surface area (Å²) in [5.74, 6) is 0. The molecule has 0 spiro atoms. The van der Waals surface area contributed by atoms with Crippen LogP contribution in [-0.2, 0) is 4.79 Å². The van der Waals surface area contributed by atoms with E-state index in [1.54, 1.807) is 0 Å². The summed E-state index contributed by atoms with van der Waals surface area (Å²) in [7, 11) is 0. The highest BCUT2D eigenvalue weighted by atomic mass is 16.1. The van der Waals surface area contributed by atoms with Gasteiger partial charge in [0.15, 0.2) is 0 Å². The number of carbonyl (C=O) groups is 1. The number of hydrogen-bond donors (Lipinski definition) is 2. The minimum Gasteiger partial charge on any atom is -0.330 e. The van der Waals surface area contributed by atoms with Crippen molar-refractivity contribution in [3.8, 4) is 0 Å². The van der Waals surface area contributed by atoms with Crippen LogP contribution >= 0.6 is 0 Å². The molecule has 0 rings (SSSR count). The highest BCUT2D eigenvalue weighted by molar-refractivity contribution is 5.50. The van der Waals surface area contributed by atoms with Crippen LogP contribution in [-0.4, -0.2) is 18.9 Å². The van der Waals surface area contributed by atoms with E-state index in [4.69, 9.17) is 11.5 Å². The fourth-order valence-electron chi connectivity index (χ4n) is 0.792. The zero-order chi connectivity index (χ0) is 7.82. The maximum Gasteiger partial charge on any atom is 0.121 e. The van der Waals surface area contributed by atoms with Crippen molar-refractivity contribution < 1.29 is 4.79 Å². The zero-order valence-corrected chi connectivity index (χ0v) is 6.25. The Labute approximate surface area is 61.8 Å². The molecule has 0 aliphatic heterocycles. The standard InChI is InChI=1S/C7H16N2O/c8-5-2-1-3-7(9)4-6-10/h6-7H,1-5,8-9H2/t7-/m0/s1. The molecule has 0 aromatic carbocycles. The van der Waals surface area contributed by atoms with Gasteiger partial charge in [-0.15, -0.1) is 0 Å². The van der Waals surface area contributed by atoms with E-state index in [2.05, 4.69) is 0 Å².